The van der Waals surface area contributed by atoms with Crippen molar-refractivity contribution in [3.63, 3.8) is 0 Å². The van der Waals surface area contributed by atoms with Crippen LogP contribution in [0.2, 0.25) is 0 Å². The summed E-state index contributed by atoms with van der Waals surface area (Å²) in [7, 11) is 0. The van der Waals surface area contributed by atoms with E-state index in [1.54, 1.807) is 40.1 Å². The molecular formula is C15H12N2O2S3. The highest BCUT2D eigenvalue weighted by Gasteiger charge is 2.07. The van der Waals surface area contributed by atoms with Gasteiger partial charge in [-0.05, 0) is 24.4 Å². The Morgan fingerprint density at radius 1 is 1.27 bits per heavy atom. The van der Waals surface area contributed by atoms with Crippen LogP contribution in [0.1, 0.15) is 16.4 Å². The van der Waals surface area contributed by atoms with Crippen LogP contribution in [-0.4, -0.2) is 15.9 Å². The zero-order valence-electron chi connectivity index (χ0n) is 11.7. The molecule has 0 aliphatic rings. The number of aryl methyl sites for hydroxylation is 1. The number of carbonyl (C=O) groups is 1. The summed E-state index contributed by atoms with van der Waals surface area (Å²) < 4.78 is 5.18. The van der Waals surface area contributed by atoms with E-state index < -0.39 is 5.97 Å². The van der Waals surface area contributed by atoms with Crippen molar-refractivity contribution in [3.05, 3.63) is 50.1 Å². The number of thiophene rings is 1. The van der Waals surface area contributed by atoms with Crippen LogP contribution < -0.4 is 0 Å². The van der Waals surface area contributed by atoms with Crippen LogP contribution in [0.15, 0.2) is 33.7 Å². The number of hydrogen-bond donors (Lipinski definition) is 0. The highest BCUT2D eigenvalue weighted by molar-refractivity contribution is 7.14. The van der Waals surface area contributed by atoms with E-state index in [9.17, 15) is 4.79 Å². The molecule has 0 unspecified atom stereocenters. The molecule has 3 aromatic rings. The van der Waals surface area contributed by atoms with Gasteiger partial charge in [-0.25, -0.2) is 14.8 Å². The highest BCUT2D eigenvalue weighted by Crippen LogP contribution is 2.25. The molecule has 22 heavy (non-hydrogen) atoms. The summed E-state index contributed by atoms with van der Waals surface area (Å²) in [5.74, 6) is -0.393. The molecule has 3 rings (SSSR count). The fourth-order valence-corrected chi connectivity index (χ4v) is 3.79. The van der Waals surface area contributed by atoms with Gasteiger partial charge in [-0.15, -0.1) is 22.7 Å². The molecule has 4 nitrogen and oxygen atoms in total. The zero-order chi connectivity index (χ0) is 15.4. The van der Waals surface area contributed by atoms with Gasteiger partial charge in [0.25, 0.3) is 0 Å². The van der Waals surface area contributed by atoms with E-state index >= 15 is 0 Å². The smallest absolute Gasteiger partial charge is 0.331 e. The number of rotatable bonds is 5. The van der Waals surface area contributed by atoms with Crippen molar-refractivity contribution in [2.45, 2.75) is 13.5 Å². The predicted octanol–water partition coefficient (Wildman–Crippen LogP) is 4.39. The molecule has 0 atom stereocenters. The number of carbonyl (C=O) groups excluding carboxylic acids is 1. The summed E-state index contributed by atoms with van der Waals surface area (Å²) in [5, 5.41) is 9.78. The predicted molar refractivity (Wildman–Crippen MR) is 91.1 cm³/mol. The van der Waals surface area contributed by atoms with Crippen LogP contribution in [0.3, 0.4) is 0 Å². The fourth-order valence-electron chi connectivity index (χ4n) is 1.70. The first-order valence-corrected chi connectivity index (χ1v) is 9.15. The first-order chi connectivity index (χ1) is 10.7. The van der Waals surface area contributed by atoms with Crippen LogP contribution in [-0.2, 0) is 16.1 Å². The molecule has 0 amide bonds. The van der Waals surface area contributed by atoms with E-state index in [-0.39, 0.29) is 6.61 Å². The van der Waals surface area contributed by atoms with E-state index in [0.29, 0.717) is 0 Å². The number of thiazole rings is 2. The van der Waals surface area contributed by atoms with Crippen LogP contribution in [0, 0.1) is 6.92 Å². The summed E-state index contributed by atoms with van der Waals surface area (Å²) in [6.07, 6.45) is 3.05. The minimum Gasteiger partial charge on any atom is -0.456 e. The molecule has 0 radical (unpaired) electrons. The van der Waals surface area contributed by atoms with E-state index in [1.165, 1.54) is 6.08 Å². The normalized spacial score (nSPS) is 11.1. The molecule has 0 bridgehead atoms. The molecule has 0 aromatic carbocycles. The molecule has 7 heteroatoms. The number of esters is 1. The summed E-state index contributed by atoms with van der Waals surface area (Å²) in [4.78, 5) is 20.4. The summed E-state index contributed by atoms with van der Waals surface area (Å²) in [6, 6.07) is 2.03. The minimum atomic E-state index is -0.393. The minimum absolute atomic E-state index is 0.180. The summed E-state index contributed by atoms with van der Waals surface area (Å²) in [6.45, 7) is 2.10. The largest absolute Gasteiger partial charge is 0.456 e. The summed E-state index contributed by atoms with van der Waals surface area (Å²) >= 11 is 4.73. The van der Waals surface area contributed by atoms with Crippen molar-refractivity contribution in [2.75, 3.05) is 0 Å². The third-order valence-corrected chi connectivity index (χ3v) is 5.12. The Morgan fingerprint density at radius 3 is 2.91 bits per heavy atom. The van der Waals surface area contributed by atoms with Crippen LogP contribution in [0.25, 0.3) is 16.6 Å². The van der Waals surface area contributed by atoms with Gasteiger partial charge >= 0.3 is 5.97 Å². The lowest BCUT2D eigenvalue weighted by atomic mass is 10.4. The molecule has 0 saturated carbocycles. The van der Waals surface area contributed by atoms with Crippen molar-refractivity contribution < 1.29 is 9.53 Å². The quantitative estimate of drug-likeness (QED) is 0.507. The summed E-state index contributed by atoms with van der Waals surface area (Å²) in [5.41, 5.74) is 2.64. The Hall–Kier alpha value is -1.83. The third-order valence-electron chi connectivity index (χ3n) is 2.71. The van der Waals surface area contributed by atoms with Crippen LogP contribution in [0.5, 0.6) is 0 Å². The van der Waals surface area contributed by atoms with Gasteiger partial charge in [0, 0.05) is 27.8 Å². The Bertz CT molecular complexity index is 787. The second-order valence-corrected chi connectivity index (χ2v) is 7.09. The Kier molecular flexibility index (Phi) is 4.77. The molecule has 0 spiro atoms. The van der Waals surface area contributed by atoms with E-state index in [1.807, 2.05) is 34.5 Å². The molecule has 0 aliphatic heterocycles. The van der Waals surface area contributed by atoms with Crippen molar-refractivity contribution in [3.8, 4) is 10.6 Å². The molecule has 0 N–H and O–H groups in total. The number of nitrogens with zero attached hydrogens (tertiary/aromatic N) is 2. The lowest BCUT2D eigenvalue weighted by Gasteiger charge is -1.97. The SMILES string of the molecule is Cc1nc(/C=C/C(=O)OCc2csc(-c3ccsc3)n2)cs1. The maximum Gasteiger partial charge on any atom is 0.331 e. The van der Waals surface area contributed by atoms with Gasteiger partial charge in [0.1, 0.15) is 11.6 Å². The highest BCUT2D eigenvalue weighted by atomic mass is 32.1. The molecular weight excluding hydrogens is 336 g/mol. The molecule has 0 saturated heterocycles. The molecule has 3 heterocycles. The van der Waals surface area contributed by atoms with Crippen molar-refractivity contribution in [2.24, 2.45) is 0 Å². The van der Waals surface area contributed by atoms with Crippen molar-refractivity contribution >= 4 is 46.1 Å². The Morgan fingerprint density at radius 2 is 2.18 bits per heavy atom. The maximum atomic E-state index is 11.7. The van der Waals surface area contributed by atoms with Crippen molar-refractivity contribution in [1.82, 2.24) is 9.97 Å². The number of hydrogen-bond acceptors (Lipinski definition) is 7. The Balaban J connectivity index is 1.54. The average Bonchev–Trinajstić information content (AvgIpc) is 3.23. The third kappa shape index (κ3) is 3.88. The van der Waals surface area contributed by atoms with Gasteiger partial charge < -0.3 is 4.74 Å². The Labute approximate surface area is 139 Å². The number of ether oxygens (including phenoxy) is 1. The zero-order valence-corrected chi connectivity index (χ0v) is 14.1. The maximum absolute atomic E-state index is 11.7. The molecule has 3 aromatic heterocycles. The fraction of sp³-hybridized carbons (Fsp3) is 0.133. The molecule has 112 valence electrons. The van der Waals surface area contributed by atoms with Gasteiger partial charge in [-0.2, -0.15) is 11.3 Å². The standard InChI is InChI=1S/C15H12N2O2S3/c1-10-16-12(8-21-10)2-3-14(18)19-6-13-9-22-15(17-13)11-4-5-20-7-11/h2-5,7-9H,6H2,1H3/b3-2+. The van der Waals surface area contributed by atoms with Crippen LogP contribution >= 0.6 is 34.0 Å². The van der Waals surface area contributed by atoms with Crippen LogP contribution in [0.4, 0.5) is 0 Å². The van der Waals surface area contributed by atoms with Gasteiger partial charge in [0.15, 0.2) is 0 Å². The lowest BCUT2D eigenvalue weighted by molar-refractivity contribution is -0.139. The second-order valence-electron chi connectivity index (χ2n) is 4.39. The lowest BCUT2D eigenvalue weighted by Crippen LogP contribution is -2.00. The first-order valence-electron chi connectivity index (χ1n) is 6.44. The van der Waals surface area contributed by atoms with E-state index in [4.69, 9.17) is 4.74 Å². The van der Waals surface area contributed by atoms with Gasteiger partial charge in [-0.3, -0.25) is 0 Å². The molecule has 0 fully saturated rings. The molecule has 0 aliphatic carbocycles. The monoisotopic (exact) mass is 348 g/mol. The van der Waals surface area contributed by atoms with Crippen molar-refractivity contribution in [1.29, 1.82) is 0 Å². The average molecular weight is 348 g/mol. The second kappa shape index (κ2) is 6.95. The van der Waals surface area contributed by atoms with Gasteiger partial charge in [-0.1, -0.05) is 0 Å². The topological polar surface area (TPSA) is 52.1 Å². The van der Waals surface area contributed by atoms with E-state index in [0.717, 1.165) is 27.0 Å². The number of aromatic nitrogens is 2. The van der Waals surface area contributed by atoms with Gasteiger partial charge in [0.05, 0.1) is 16.4 Å². The first kappa shape index (κ1) is 15.1. The van der Waals surface area contributed by atoms with Gasteiger partial charge in [0.2, 0.25) is 0 Å². The van der Waals surface area contributed by atoms with E-state index in [2.05, 4.69) is 9.97 Å².